The van der Waals surface area contributed by atoms with E-state index < -0.39 is 0 Å². The average molecular weight is 312 g/mol. The van der Waals surface area contributed by atoms with Crippen molar-refractivity contribution in [1.82, 2.24) is 14.9 Å². The van der Waals surface area contributed by atoms with Crippen molar-refractivity contribution in [1.29, 1.82) is 5.41 Å². The first-order valence-electron chi connectivity index (χ1n) is 8.34. The predicted molar refractivity (Wildman–Crippen MR) is 93.7 cm³/mol. The van der Waals surface area contributed by atoms with Gasteiger partial charge in [0.05, 0.1) is 23.2 Å². The summed E-state index contributed by atoms with van der Waals surface area (Å²) in [5.74, 6) is 1.18. The third-order valence-electron chi connectivity index (χ3n) is 4.52. The standard InChI is InChI=1S/C18H24N4O/c1-3-4-5-8-12(2)22-11-15(23)16(17(22)19)18-20-13-9-6-7-10-14(13)21-18/h6-7,9-10,12,19,23H,3-5,8,11H2,1-2H3,(H,20,21). The maximum Gasteiger partial charge on any atom is 0.145 e. The van der Waals surface area contributed by atoms with E-state index in [2.05, 4.69) is 23.8 Å². The zero-order chi connectivity index (χ0) is 16.4. The molecule has 0 radical (unpaired) electrons. The van der Waals surface area contributed by atoms with E-state index in [0.717, 1.165) is 23.9 Å². The van der Waals surface area contributed by atoms with Crippen LogP contribution in [0.25, 0.3) is 16.6 Å². The summed E-state index contributed by atoms with van der Waals surface area (Å²) in [6, 6.07) is 8.01. The third-order valence-corrected chi connectivity index (χ3v) is 4.52. The van der Waals surface area contributed by atoms with Crippen LogP contribution in [0.5, 0.6) is 0 Å². The van der Waals surface area contributed by atoms with Crippen molar-refractivity contribution >= 4 is 22.4 Å². The highest BCUT2D eigenvalue weighted by atomic mass is 16.3. The van der Waals surface area contributed by atoms with Crippen LogP contribution >= 0.6 is 0 Å². The van der Waals surface area contributed by atoms with Crippen molar-refractivity contribution in [3.05, 3.63) is 35.8 Å². The summed E-state index contributed by atoms with van der Waals surface area (Å²) in [5.41, 5.74) is 2.30. The van der Waals surface area contributed by atoms with Crippen molar-refractivity contribution in [2.24, 2.45) is 0 Å². The monoisotopic (exact) mass is 312 g/mol. The lowest BCUT2D eigenvalue weighted by Crippen LogP contribution is -2.35. The molecule has 1 aromatic carbocycles. The Balaban J connectivity index is 1.80. The average Bonchev–Trinajstić information content (AvgIpc) is 3.07. The molecule has 1 unspecified atom stereocenters. The van der Waals surface area contributed by atoms with E-state index in [4.69, 9.17) is 5.41 Å². The number of fused-ring (bicyclic) bond motifs is 1. The predicted octanol–water partition coefficient (Wildman–Crippen LogP) is 4.09. The van der Waals surface area contributed by atoms with E-state index in [-0.39, 0.29) is 11.8 Å². The van der Waals surface area contributed by atoms with Crippen LogP contribution in [-0.4, -0.2) is 38.4 Å². The first-order chi connectivity index (χ1) is 11.1. The Morgan fingerprint density at radius 1 is 1.35 bits per heavy atom. The molecule has 0 aliphatic carbocycles. The number of unbranched alkanes of at least 4 members (excludes halogenated alkanes) is 2. The molecule has 1 aliphatic rings. The molecular formula is C18H24N4O. The van der Waals surface area contributed by atoms with Gasteiger partial charge >= 0.3 is 0 Å². The van der Waals surface area contributed by atoms with Gasteiger partial charge in [-0.1, -0.05) is 38.3 Å². The number of H-pyrrole nitrogens is 1. The fourth-order valence-corrected chi connectivity index (χ4v) is 3.14. The number of aliphatic hydroxyl groups is 1. The zero-order valence-corrected chi connectivity index (χ0v) is 13.8. The number of rotatable bonds is 6. The molecule has 5 heteroatoms. The molecule has 0 saturated carbocycles. The van der Waals surface area contributed by atoms with Gasteiger partial charge in [0.15, 0.2) is 0 Å². The van der Waals surface area contributed by atoms with Gasteiger partial charge in [-0.05, 0) is 25.5 Å². The van der Waals surface area contributed by atoms with Crippen LogP contribution in [0, 0.1) is 5.41 Å². The number of para-hydroxylation sites is 2. The second kappa shape index (κ2) is 6.44. The zero-order valence-electron chi connectivity index (χ0n) is 13.8. The van der Waals surface area contributed by atoms with Gasteiger partial charge in [0.25, 0.3) is 0 Å². The molecule has 1 aromatic heterocycles. The van der Waals surface area contributed by atoms with Crippen LogP contribution in [0.3, 0.4) is 0 Å². The summed E-state index contributed by atoms with van der Waals surface area (Å²) in [5, 5.41) is 18.8. The first kappa shape index (κ1) is 15.6. The summed E-state index contributed by atoms with van der Waals surface area (Å²) in [6.07, 6.45) is 4.60. The number of nitrogens with zero attached hydrogens (tertiary/aromatic N) is 2. The summed E-state index contributed by atoms with van der Waals surface area (Å²) >= 11 is 0. The maximum absolute atomic E-state index is 10.4. The molecule has 3 rings (SSSR count). The number of nitrogens with one attached hydrogen (secondary N) is 2. The number of aromatic nitrogens is 2. The van der Waals surface area contributed by atoms with Gasteiger partial charge in [-0.3, -0.25) is 5.41 Å². The second-order valence-corrected chi connectivity index (χ2v) is 6.25. The van der Waals surface area contributed by atoms with Gasteiger partial charge in [0, 0.05) is 6.04 Å². The normalized spacial score (nSPS) is 16.6. The van der Waals surface area contributed by atoms with E-state index in [9.17, 15) is 5.11 Å². The number of benzene rings is 1. The maximum atomic E-state index is 10.4. The number of hydrogen-bond acceptors (Lipinski definition) is 3. The quantitative estimate of drug-likeness (QED) is 0.703. The summed E-state index contributed by atoms with van der Waals surface area (Å²) in [4.78, 5) is 9.70. The van der Waals surface area contributed by atoms with Crippen LogP contribution < -0.4 is 0 Å². The minimum atomic E-state index is 0.233. The molecule has 0 bridgehead atoms. The number of imidazole rings is 1. The van der Waals surface area contributed by atoms with Crippen molar-refractivity contribution in [2.75, 3.05) is 6.54 Å². The molecule has 0 fully saturated rings. The second-order valence-electron chi connectivity index (χ2n) is 6.25. The van der Waals surface area contributed by atoms with Crippen molar-refractivity contribution in [2.45, 2.75) is 45.6 Å². The molecule has 0 spiro atoms. The fraction of sp³-hybridized carbons (Fsp3) is 0.444. The topological polar surface area (TPSA) is 76.0 Å². The van der Waals surface area contributed by atoms with E-state index in [0.29, 0.717) is 23.8 Å². The Morgan fingerprint density at radius 3 is 2.87 bits per heavy atom. The molecule has 1 atom stereocenters. The van der Waals surface area contributed by atoms with Crippen LogP contribution in [-0.2, 0) is 0 Å². The van der Waals surface area contributed by atoms with Crippen molar-refractivity contribution in [3.8, 4) is 0 Å². The number of aliphatic hydroxyl groups excluding tert-OH is 1. The largest absolute Gasteiger partial charge is 0.510 e. The molecule has 0 amide bonds. The Kier molecular flexibility index (Phi) is 4.37. The fourth-order valence-electron chi connectivity index (χ4n) is 3.14. The Morgan fingerprint density at radius 2 is 2.13 bits per heavy atom. The van der Waals surface area contributed by atoms with Crippen molar-refractivity contribution in [3.63, 3.8) is 0 Å². The molecule has 0 saturated heterocycles. The Labute approximate surface area is 136 Å². The van der Waals surface area contributed by atoms with Crippen LogP contribution in [0.1, 0.15) is 45.4 Å². The lowest BCUT2D eigenvalue weighted by Gasteiger charge is -2.26. The lowest BCUT2D eigenvalue weighted by molar-refractivity contribution is 0.292. The Hall–Kier alpha value is -2.30. The van der Waals surface area contributed by atoms with E-state index in [1.54, 1.807) is 0 Å². The van der Waals surface area contributed by atoms with E-state index in [1.165, 1.54) is 12.8 Å². The highest BCUT2D eigenvalue weighted by Crippen LogP contribution is 2.29. The lowest BCUT2D eigenvalue weighted by atomic mass is 10.1. The summed E-state index contributed by atoms with van der Waals surface area (Å²) < 4.78 is 0. The smallest absolute Gasteiger partial charge is 0.145 e. The molecule has 3 N–H and O–H groups in total. The van der Waals surface area contributed by atoms with Gasteiger partial charge in [0.1, 0.15) is 17.4 Å². The summed E-state index contributed by atoms with van der Waals surface area (Å²) in [6.45, 7) is 4.72. The van der Waals surface area contributed by atoms with E-state index in [1.807, 2.05) is 29.2 Å². The minimum absolute atomic E-state index is 0.233. The molecule has 5 nitrogen and oxygen atoms in total. The van der Waals surface area contributed by atoms with Crippen LogP contribution in [0.15, 0.2) is 30.0 Å². The molecule has 122 valence electrons. The van der Waals surface area contributed by atoms with Crippen molar-refractivity contribution < 1.29 is 5.11 Å². The molecule has 2 heterocycles. The van der Waals surface area contributed by atoms with Gasteiger partial charge in [-0.2, -0.15) is 0 Å². The van der Waals surface area contributed by atoms with E-state index >= 15 is 0 Å². The SMILES string of the molecule is CCCCCC(C)N1CC(O)=C(c2nc3ccccc3[nH]2)C1=N. The Bertz CT molecular complexity index is 713. The number of amidine groups is 1. The molecular weight excluding hydrogens is 288 g/mol. The third kappa shape index (κ3) is 2.96. The molecule has 1 aliphatic heterocycles. The summed E-state index contributed by atoms with van der Waals surface area (Å²) in [7, 11) is 0. The number of hydrogen-bond donors (Lipinski definition) is 3. The van der Waals surface area contributed by atoms with Gasteiger partial charge in [-0.15, -0.1) is 0 Å². The first-order valence-corrected chi connectivity index (χ1v) is 8.34. The van der Waals surface area contributed by atoms with Gasteiger partial charge in [0.2, 0.25) is 0 Å². The van der Waals surface area contributed by atoms with Crippen LogP contribution in [0.2, 0.25) is 0 Å². The highest BCUT2D eigenvalue weighted by Gasteiger charge is 2.32. The van der Waals surface area contributed by atoms with Crippen LogP contribution in [0.4, 0.5) is 0 Å². The van der Waals surface area contributed by atoms with Gasteiger partial charge in [-0.25, -0.2) is 4.98 Å². The molecule has 23 heavy (non-hydrogen) atoms. The highest BCUT2D eigenvalue weighted by molar-refractivity contribution is 6.23. The molecule has 2 aromatic rings. The number of aromatic amines is 1. The minimum Gasteiger partial charge on any atom is -0.510 e. The van der Waals surface area contributed by atoms with Gasteiger partial charge < -0.3 is 15.0 Å².